The third-order valence-electron chi connectivity index (χ3n) is 0.883. The van der Waals surface area contributed by atoms with E-state index in [0.717, 1.165) is 0 Å². The van der Waals surface area contributed by atoms with E-state index in [1.807, 2.05) is 0 Å². The van der Waals surface area contributed by atoms with Gasteiger partial charge in [-0.15, -0.1) is 0 Å². The normalized spacial score (nSPS) is 12.1. The zero-order chi connectivity index (χ0) is 11.6. The van der Waals surface area contributed by atoms with Crippen molar-refractivity contribution >= 4 is 11.9 Å². The molecule has 4 nitrogen and oxygen atoms in total. The van der Waals surface area contributed by atoms with Gasteiger partial charge in [-0.2, -0.15) is 17.6 Å². The number of hydrogen-bond acceptors (Lipinski definition) is 4. The van der Waals surface area contributed by atoms with Gasteiger partial charge in [0.05, 0.1) is 0 Å². The van der Waals surface area contributed by atoms with E-state index in [1.54, 1.807) is 0 Å². The summed E-state index contributed by atoms with van der Waals surface area (Å²) in [5.74, 6) is -3.25. The Morgan fingerprint density at radius 1 is 0.857 bits per heavy atom. The Labute approximate surface area is 75.8 Å². The summed E-state index contributed by atoms with van der Waals surface area (Å²) in [4.78, 5) is 20.0. The molecule has 0 fully saturated rings. The molecule has 82 valence electrons. The van der Waals surface area contributed by atoms with Gasteiger partial charge in [0.25, 0.3) is 0 Å². The van der Waals surface area contributed by atoms with E-state index in [9.17, 15) is 27.2 Å². The number of ether oxygens (including phenoxy) is 2. The maximum Gasteiger partial charge on any atom is 0.509 e. The first-order chi connectivity index (χ1) is 6.08. The minimum atomic E-state index is -5.18. The molecule has 0 aliphatic rings. The van der Waals surface area contributed by atoms with Gasteiger partial charge < -0.3 is 9.47 Å². The molecule has 0 N–H and O–H groups in total. The predicted molar refractivity (Wildman–Crippen MR) is 33.4 cm³/mol. The molecule has 0 atom stereocenters. The van der Waals surface area contributed by atoms with E-state index in [1.165, 1.54) is 0 Å². The lowest BCUT2D eigenvalue weighted by molar-refractivity contribution is -0.404. The number of rotatable bonds is 3. The highest BCUT2D eigenvalue weighted by Gasteiger charge is 2.64. The Morgan fingerprint density at radius 3 is 1.21 bits per heavy atom. The van der Waals surface area contributed by atoms with Gasteiger partial charge in [-0.25, -0.2) is 0 Å². The minimum Gasteiger partial charge on any atom is -0.393 e. The molecule has 0 radical (unpaired) electrons. The van der Waals surface area contributed by atoms with Crippen molar-refractivity contribution < 1.29 is 36.6 Å². The van der Waals surface area contributed by atoms with Gasteiger partial charge in [-0.3, -0.25) is 9.59 Å². The van der Waals surface area contributed by atoms with E-state index in [-0.39, 0.29) is 0 Å². The monoisotopic (exact) mass is 218 g/mol. The molecular weight excluding hydrogens is 212 g/mol. The smallest absolute Gasteiger partial charge is 0.393 e. The fraction of sp³-hybridized carbons (Fsp3) is 0.667. The Morgan fingerprint density at radius 2 is 1.07 bits per heavy atom. The van der Waals surface area contributed by atoms with Crippen LogP contribution in [0.15, 0.2) is 0 Å². The average Bonchev–Trinajstić information content (AvgIpc) is 1.78. The van der Waals surface area contributed by atoms with Crippen molar-refractivity contribution in [1.29, 1.82) is 0 Å². The van der Waals surface area contributed by atoms with E-state index in [0.29, 0.717) is 13.8 Å². The molecule has 0 amide bonds. The summed E-state index contributed by atoms with van der Waals surface area (Å²) < 4.78 is 55.4. The highest BCUT2D eigenvalue weighted by atomic mass is 19.3. The van der Waals surface area contributed by atoms with E-state index in [4.69, 9.17) is 0 Å². The van der Waals surface area contributed by atoms with Crippen LogP contribution in [0.3, 0.4) is 0 Å². The Hall–Kier alpha value is -1.34. The van der Waals surface area contributed by atoms with Crippen molar-refractivity contribution in [2.24, 2.45) is 0 Å². The largest absolute Gasteiger partial charge is 0.509 e. The molecule has 0 rings (SSSR count). The van der Waals surface area contributed by atoms with Crippen molar-refractivity contribution in [3.05, 3.63) is 0 Å². The molecule has 0 aromatic carbocycles. The van der Waals surface area contributed by atoms with Crippen molar-refractivity contribution in [3.63, 3.8) is 0 Å². The fourth-order valence-electron chi connectivity index (χ4n) is 0.480. The summed E-state index contributed by atoms with van der Waals surface area (Å²) >= 11 is 0. The average molecular weight is 218 g/mol. The van der Waals surface area contributed by atoms with Gasteiger partial charge in [0.15, 0.2) is 0 Å². The van der Waals surface area contributed by atoms with Crippen LogP contribution in [-0.4, -0.2) is 24.2 Å². The molecule has 8 heteroatoms. The van der Waals surface area contributed by atoms with Crippen LogP contribution in [0.1, 0.15) is 13.8 Å². The molecule has 0 unspecified atom stereocenters. The van der Waals surface area contributed by atoms with Crippen molar-refractivity contribution in [3.8, 4) is 0 Å². The molecule has 0 aliphatic carbocycles. The fourth-order valence-corrected chi connectivity index (χ4v) is 0.480. The van der Waals surface area contributed by atoms with Crippen LogP contribution in [0.2, 0.25) is 0 Å². The number of esters is 2. The number of carbonyl (C=O) groups is 2. The highest BCUT2D eigenvalue weighted by molar-refractivity contribution is 5.67. The lowest BCUT2D eigenvalue weighted by Gasteiger charge is -2.23. The predicted octanol–water partition coefficient (Wildman–Crippen LogP) is 1.30. The Balaban J connectivity index is 4.67. The lowest BCUT2D eigenvalue weighted by Crippen LogP contribution is -2.46. The van der Waals surface area contributed by atoms with Gasteiger partial charge in [0.2, 0.25) is 0 Å². The summed E-state index contributed by atoms with van der Waals surface area (Å²) in [6, 6.07) is 0. The maximum atomic E-state index is 12.3. The second-order valence-corrected chi connectivity index (χ2v) is 2.22. The third-order valence-corrected chi connectivity index (χ3v) is 0.883. The molecule has 0 heterocycles. The maximum absolute atomic E-state index is 12.3. The molecule has 0 saturated carbocycles. The van der Waals surface area contributed by atoms with Crippen LogP contribution >= 0.6 is 0 Å². The van der Waals surface area contributed by atoms with Crippen molar-refractivity contribution in [2.45, 2.75) is 26.1 Å². The Bertz CT molecular complexity index is 224. The third kappa shape index (κ3) is 3.19. The number of hydrogen-bond donors (Lipinski definition) is 0. The Kier molecular flexibility index (Phi) is 3.44. The van der Waals surface area contributed by atoms with Crippen LogP contribution in [-0.2, 0) is 19.1 Å². The molecule has 0 aromatic rings. The molecule has 0 aliphatic heterocycles. The van der Waals surface area contributed by atoms with E-state index >= 15 is 0 Å². The highest BCUT2D eigenvalue weighted by Crippen LogP contribution is 2.36. The topological polar surface area (TPSA) is 52.6 Å². The summed E-state index contributed by atoms with van der Waals surface area (Å²) in [6.07, 6.45) is -10.4. The second kappa shape index (κ2) is 3.81. The number of carbonyl (C=O) groups excluding carboxylic acids is 2. The SMILES string of the molecule is CC(=O)OC(F)(F)C(F)(F)OC(C)=O. The van der Waals surface area contributed by atoms with Gasteiger partial charge >= 0.3 is 24.2 Å². The molecule has 0 bridgehead atoms. The quantitative estimate of drug-likeness (QED) is 0.529. The first-order valence-corrected chi connectivity index (χ1v) is 3.23. The summed E-state index contributed by atoms with van der Waals surface area (Å²) in [6.45, 7) is 1.02. The van der Waals surface area contributed by atoms with Crippen molar-refractivity contribution in [1.82, 2.24) is 0 Å². The standard InChI is InChI=1S/C6H6F4O4/c1-3(11)13-5(7,8)6(9,10)14-4(2)12/h1-2H3. The van der Waals surface area contributed by atoms with Crippen molar-refractivity contribution in [2.75, 3.05) is 0 Å². The minimum absolute atomic E-state index is 0.512. The van der Waals surface area contributed by atoms with Crippen LogP contribution in [0.25, 0.3) is 0 Å². The summed E-state index contributed by atoms with van der Waals surface area (Å²) in [5.41, 5.74) is 0. The zero-order valence-electron chi connectivity index (χ0n) is 7.14. The second-order valence-electron chi connectivity index (χ2n) is 2.22. The van der Waals surface area contributed by atoms with Crippen LogP contribution in [0.4, 0.5) is 17.6 Å². The summed E-state index contributed by atoms with van der Waals surface area (Å²) in [7, 11) is 0. The van der Waals surface area contributed by atoms with Gasteiger partial charge in [-0.1, -0.05) is 0 Å². The molecule has 0 saturated heterocycles. The molecule has 14 heavy (non-hydrogen) atoms. The van der Waals surface area contributed by atoms with Crippen LogP contribution in [0.5, 0.6) is 0 Å². The number of alkyl halides is 4. The summed E-state index contributed by atoms with van der Waals surface area (Å²) in [5, 5.41) is 0. The van der Waals surface area contributed by atoms with E-state index in [2.05, 4.69) is 9.47 Å². The number of halogens is 4. The van der Waals surface area contributed by atoms with Gasteiger partial charge in [0, 0.05) is 13.8 Å². The van der Waals surface area contributed by atoms with Gasteiger partial charge in [0.1, 0.15) is 0 Å². The zero-order valence-corrected chi connectivity index (χ0v) is 7.14. The van der Waals surface area contributed by atoms with Crippen LogP contribution in [0, 0.1) is 0 Å². The molecule has 0 spiro atoms. The molecule has 0 aromatic heterocycles. The van der Waals surface area contributed by atoms with E-state index < -0.39 is 24.2 Å². The first-order valence-electron chi connectivity index (χ1n) is 3.23. The molecular formula is C6H6F4O4. The van der Waals surface area contributed by atoms with Crippen LogP contribution < -0.4 is 0 Å². The first kappa shape index (κ1) is 12.7. The van der Waals surface area contributed by atoms with Gasteiger partial charge in [-0.05, 0) is 0 Å². The lowest BCUT2D eigenvalue weighted by atomic mass is 10.5.